The normalized spacial score (nSPS) is 12.2. The van der Waals surface area contributed by atoms with Gasteiger partial charge in [0.1, 0.15) is 17.3 Å². The number of fused-ring (bicyclic) bond motifs is 1. The van der Waals surface area contributed by atoms with Gasteiger partial charge in [0.05, 0.1) is 6.26 Å². The third-order valence-electron chi connectivity index (χ3n) is 4.30. The molecule has 136 valence electrons. The van der Waals surface area contributed by atoms with E-state index in [0.29, 0.717) is 23.3 Å². The van der Waals surface area contributed by atoms with Gasteiger partial charge in [-0.1, -0.05) is 19.8 Å². The van der Waals surface area contributed by atoms with Gasteiger partial charge in [-0.25, -0.2) is 9.18 Å². The van der Waals surface area contributed by atoms with Gasteiger partial charge in [0.15, 0.2) is 6.10 Å². The average molecular weight is 356 g/mol. The number of hydrogen-bond acceptors (Lipinski definition) is 3. The SMILES string of the molecule is CCCCCC(Oc1ccc(-c2occ3cc(F)ccc23)cc1)C(=O)O. The molecule has 0 aliphatic heterocycles. The maximum atomic E-state index is 13.3. The molecule has 1 aromatic heterocycles. The molecular weight excluding hydrogens is 335 g/mol. The van der Waals surface area contributed by atoms with E-state index in [2.05, 4.69) is 6.92 Å². The number of carboxylic acid groups (broad SMARTS) is 1. The van der Waals surface area contributed by atoms with Gasteiger partial charge in [-0.3, -0.25) is 0 Å². The number of carboxylic acids is 1. The van der Waals surface area contributed by atoms with Crippen LogP contribution in [0.15, 0.2) is 53.1 Å². The van der Waals surface area contributed by atoms with Crippen LogP contribution in [0.3, 0.4) is 0 Å². The Morgan fingerprint density at radius 3 is 2.65 bits per heavy atom. The lowest BCUT2D eigenvalue weighted by Gasteiger charge is -2.15. The number of rotatable bonds is 8. The lowest BCUT2D eigenvalue weighted by atomic mass is 10.1. The van der Waals surface area contributed by atoms with E-state index < -0.39 is 12.1 Å². The molecule has 1 N–H and O–H groups in total. The van der Waals surface area contributed by atoms with E-state index in [1.807, 2.05) is 12.1 Å². The molecule has 1 atom stereocenters. The molecule has 0 amide bonds. The molecule has 5 heteroatoms. The van der Waals surface area contributed by atoms with Gasteiger partial charge in [0.25, 0.3) is 0 Å². The first-order chi connectivity index (χ1) is 12.6. The number of ether oxygens (including phenoxy) is 1. The fraction of sp³-hybridized carbons (Fsp3) is 0.286. The van der Waals surface area contributed by atoms with Crippen molar-refractivity contribution in [2.45, 2.75) is 38.7 Å². The minimum atomic E-state index is -0.954. The monoisotopic (exact) mass is 356 g/mol. The molecule has 0 aliphatic rings. The Labute approximate surface area is 151 Å². The first-order valence-electron chi connectivity index (χ1n) is 8.75. The summed E-state index contributed by atoms with van der Waals surface area (Å²) >= 11 is 0. The minimum Gasteiger partial charge on any atom is -0.479 e. The molecule has 0 fully saturated rings. The summed E-state index contributed by atoms with van der Waals surface area (Å²) in [6.45, 7) is 2.07. The van der Waals surface area contributed by atoms with Gasteiger partial charge in [0, 0.05) is 16.3 Å². The van der Waals surface area contributed by atoms with Crippen molar-refractivity contribution < 1.29 is 23.4 Å². The Morgan fingerprint density at radius 2 is 1.96 bits per heavy atom. The van der Waals surface area contributed by atoms with Crippen LogP contribution in [0.25, 0.3) is 22.1 Å². The molecule has 2 aromatic carbocycles. The van der Waals surface area contributed by atoms with Crippen LogP contribution in [-0.2, 0) is 4.79 Å². The maximum Gasteiger partial charge on any atom is 0.344 e. The number of halogens is 1. The summed E-state index contributed by atoms with van der Waals surface area (Å²) in [5.74, 6) is -0.121. The second kappa shape index (κ2) is 8.04. The summed E-state index contributed by atoms with van der Waals surface area (Å²) in [6.07, 6.45) is 3.99. The van der Waals surface area contributed by atoms with Crippen molar-refractivity contribution in [1.29, 1.82) is 0 Å². The summed E-state index contributed by atoms with van der Waals surface area (Å²) < 4.78 is 24.5. The molecule has 0 radical (unpaired) electrons. The first-order valence-corrected chi connectivity index (χ1v) is 8.75. The lowest BCUT2D eigenvalue weighted by Crippen LogP contribution is -2.26. The summed E-state index contributed by atoms with van der Waals surface area (Å²) in [4.78, 5) is 11.4. The lowest BCUT2D eigenvalue weighted by molar-refractivity contribution is -0.145. The Hall–Kier alpha value is -2.82. The molecule has 4 nitrogen and oxygen atoms in total. The highest BCUT2D eigenvalue weighted by Crippen LogP contribution is 2.32. The van der Waals surface area contributed by atoms with Gasteiger partial charge in [-0.05, 0) is 55.3 Å². The molecule has 3 rings (SSSR count). The number of hydrogen-bond donors (Lipinski definition) is 1. The molecule has 0 saturated carbocycles. The first kappa shape index (κ1) is 18.0. The number of benzene rings is 2. The van der Waals surface area contributed by atoms with Crippen molar-refractivity contribution in [3.8, 4) is 17.1 Å². The van der Waals surface area contributed by atoms with Crippen molar-refractivity contribution >= 4 is 16.7 Å². The topological polar surface area (TPSA) is 59.7 Å². The predicted octanol–water partition coefficient (Wildman–Crippen LogP) is 5.65. The Morgan fingerprint density at radius 1 is 1.19 bits per heavy atom. The molecule has 1 unspecified atom stereocenters. The number of furan rings is 1. The number of aliphatic carboxylic acids is 1. The highest BCUT2D eigenvalue weighted by molar-refractivity contribution is 5.94. The minimum absolute atomic E-state index is 0.309. The predicted molar refractivity (Wildman–Crippen MR) is 97.8 cm³/mol. The maximum absolute atomic E-state index is 13.3. The van der Waals surface area contributed by atoms with E-state index >= 15 is 0 Å². The third kappa shape index (κ3) is 4.04. The summed E-state index contributed by atoms with van der Waals surface area (Å²) in [6, 6.07) is 11.6. The van der Waals surface area contributed by atoms with Gasteiger partial charge in [-0.2, -0.15) is 0 Å². The zero-order valence-corrected chi connectivity index (χ0v) is 14.6. The van der Waals surface area contributed by atoms with Gasteiger partial charge < -0.3 is 14.3 Å². The van der Waals surface area contributed by atoms with E-state index in [0.717, 1.165) is 30.2 Å². The van der Waals surface area contributed by atoms with E-state index in [4.69, 9.17) is 9.15 Å². The van der Waals surface area contributed by atoms with Crippen molar-refractivity contribution in [1.82, 2.24) is 0 Å². The van der Waals surface area contributed by atoms with Gasteiger partial charge >= 0.3 is 5.97 Å². The van der Waals surface area contributed by atoms with Crippen LogP contribution in [0.2, 0.25) is 0 Å². The van der Waals surface area contributed by atoms with Crippen LogP contribution in [0.4, 0.5) is 4.39 Å². The average Bonchev–Trinajstić information content (AvgIpc) is 3.04. The van der Waals surface area contributed by atoms with E-state index in [9.17, 15) is 14.3 Å². The van der Waals surface area contributed by atoms with Crippen molar-refractivity contribution in [2.75, 3.05) is 0 Å². The van der Waals surface area contributed by atoms with Crippen LogP contribution in [-0.4, -0.2) is 17.2 Å². The molecule has 3 aromatic rings. The highest BCUT2D eigenvalue weighted by Gasteiger charge is 2.19. The molecular formula is C21H21FO4. The van der Waals surface area contributed by atoms with E-state index in [1.54, 1.807) is 18.2 Å². The molecule has 1 heterocycles. The fourth-order valence-electron chi connectivity index (χ4n) is 2.91. The van der Waals surface area contributed by atoms with Crippen LogP contribution in [0.5, 0.6) is 5.75 Å². The highest BCUT2D eigenvalue weighted by atomic mass is 19.1. The summed E-state index contributed by atoms with van der Waals surface area (Å²) in [5.41, 5.74) is 0.816. The van der Waals surface area contributed by atoms with Gasteiger partial charge in [0.2, 0.25) is 0 Å². The second-order valence-corrected chi connectivity index (χ2v) is 6.26. The van der Waals surface area contributed by atoms with Crippen molar-refractivity contribution in [2.24, 2.45) is 0 Å². The van der Waals surface area contributed by atoms with Gasteiger partial charge in [-0.15, -0.1) is 0 Å². The van der Waals surface area contributed by atoms with Crippen LogP contribution in [0, 0.1) is 5.82 Å². The molecule has 0 spiro atoms. The fourth-order valence-corrected chi connectivity index (χ4v) is 2.91. The zero-order valence-electron chi connectivity index (χ0n) is 14.6. The molecule has 26 heavy (non-hydrogen) atoms. The van der Waals surface area contributed by atoms with Crippen LogP contribution in [0.1, 0.15) is 32.6 Å². The largest absolute Gasteiger partial charge is 0.479 e. The van der Waals surface area contributed by atoms with Crippen LogP contribution < -0.4 is 4.74 Å². The molecule has 0 aliphatic carbocycles. The number of carbonyl (C=O) groups is 1. The van der Waals surface area contributed by atoms with Crippen molar-refractivity contribution in [3.63, 3.8) is 0 Å². The third-order valence-corrected chi connectivity index (χ3v) is 4.30. The van der Waals surface area contributed by atoms with E-state index in [1.165, 1.54) is 18.4 Å². The smallest absolute Gasteiger partial charge is 0.344 e. The Bertz CT molecular complexity index is 883. The number of unbranched alkanes of at least 4 members (excludes halogenated alkanes) is 2. The Kier molecular flexibility index (Phi) is 5.56. The summed E-state index contributed by atoms with van der Waals surface area (Å²) in [5, 5.41) is 10.8. The van der Waals surface area contributed by atoms with Crippen LogP contribution >= 0.6 is 0 Å². The van der Waals surface area contributed by atoms with Crippen molar-refractivity contribution in [3.05, 3.63) is 54.5 Å². The molecule has 0 saturated heterocycles. The Balaban J connectivity index is 1.76. The zero-order chi connectivity index (χ0) is 18.5. The summed E-state index contributed by atoms with van der Waals surface area (Å²) in [7, 11) is 0. The quantitative estimate of drug-likeness (QED) is 0.530. The standard InChI is InChI=1S/C21H21FO4/c1-2-3-4-5-19(21(23)24)26-17-9-6-14(7-10-17)20-18-11-8-16(22)12-15(18)13-25-20/h6-13,19H,2-5H2,1H3,(H,23,24). The molecule has 0 bridgehead atoms. The van der Waals surface area contributed by atoms with E-state index in [-0.39, 0.29) is 5.82 Å². The second-order valence-electron chi connectivity index (χ2n) is 6.26.